The van der Waals surface area contributed by atoms with E-state index in [2.05, 4.69) is 29.3 Å². The number of nitrogens with one attached hydrogen (secondary N) is 1. The summed E-state index contributed by atoms with van der Waals surface area (Å²) in [6.45, 7) is 4.00. The normalized spacial score (nSPS) is 20.9. The zero-order valence-corrected chi connectivity index (χ0v) is 10.1. The zero-order chi connectivity index (χ0) is 12.3. The van der Waals surface area contributed by atoms with Crippen LogP contribution in [-0.2, 0) is 4.79 Å². The van der Waals surface area contributed by atoms with Gasteiger partial charge in [0.2, 0.25) is 5.91 Å². The predicted molar refractivity (Wildman–Crippen MR) is 69.0 cm³/mol. The Morgan fingerprint density at radius 2 is 2.35 bits per heavy atom. The van der Waals surface area contributed by atoms with Crippen molar-refractivity contribution in [3.63, 3.8) is 0 Å². The Bertz CT molecular complexity index is 405. The van der Waals surface area contributed by atoms with Gasteiger partial charge in [-0.15, -0.1) is 0 Å². The Labute approximate surface area is 102 Å². The molecule has 0 bridgehead atoms. The van der Waals surface area contributed by atoms with Crippen molar-refractivity contribution in [1.82, 2.24) is 5.32 Å². The first-order chi connectivity index (χ1) is 8.22. The molecule has 0 aromatic heterocycles. The van der Waals surface area contributed by atoms with Crippen LogP contribution in [0.2, 0.25) is 0 Å². The fourth-order valence-corrected chi connectivity index (χ4v) is 2.23. The number of amides is 1. The summed E-state index contributed by atoms with van der Waals surface area (Å²) >= 11 is 0. The second kappa shape index (κ2) is 5.19. The standard InChI is InChI=1S/C13H19N3O/c1-10-4-2-5-11(8-10)16-7-3-6-15-13(17)12(16)9-14/h2,4-5,8,12H,3,6-7,9,14H2,1H3,(H,15,17). The van der Waals surface area contributed by atoms with E-state index in [1.54, 1.807) is 0 Å². The van der Waals surface area contributed by atoms with Crippen LogP contribution in [0.25, 0.3) is 0 Å². The summed E-state index contributed by atoms with van der Waals surface area (Å²) in [5, 5.41) is 2.90. The lowest BCUT2D eigenvalue weighted by Crippen LogP contribution is -2.49. The molecule has 0 saturated carbocycles. The molecule has 3 N–H and O–H groups in total. The van der Waals surface area contributed by atoms with Crippen LogP contribution in [0.4, 0.5) is 5.69 Å². The van der Waals surface area contributed by atoms with E-state index >= 15 is 0 Å². The highest BCUT2D eigenvalue weighted by Crippen LogP contribution is 2.19. The Morgan fingerprint density at radius 1 is 1.53 bits per heavy atom. The van der Waals surface area contributed by atoms with Crippen LogP contribution in [0.15, 0.2) is 24.3 Å². The predicted octanol–water partition coefficient (Wildman–Crippen LogP) is 0.649. The Balaban J connectivity index is 2.30. The number of carbonyl (C=O) groups is 1. The molecule has 1 atom stereocenters. The molecular weight excluding hydrogens is 214 g/mol. The second-order valence-electron chi connectivity index (χ2n) is 4.43. The molecule has 2 rings (SSSR count). The maximum atomic E-state index is 11.9. The van der Waals surface area contributed by atoms with Crippen LogP contribution >= 0.6 is 0 Å². The fraction of sp³-hybridized carbons (Fsp3) is 0.462. The maximum absolute atomic E-state index is 11.9. The molecule has 1 unspecified atom stereocenters. The summed E-state index contributed by atoms with van der Waals surface area (Å²) in [6.07, 6.45) is 0.955. The Morgan fingerprint density at radius 3 is 3.06 bits per heavy atom. The second-order valence-corrected chi connectivity index (χ2v) is 4.43. The van der Waals surface area contributed by atoms with Crippen LogP contribution in [0.5, 0.6) is 0 Å². The molecule has 0 spiro atoms. The van der Waals surface area contributed by atoms with Crippen molar-refractivity contribution in [1.29, 1.82) is 0 Å². The molecule has 0 radical (unpaired) electrons. The third-order valence-electron chi connectivity index (χ3n) is 3.11. The zero-order valence-electron chi connectivity index (χ0n) is 10.1. The minimum Gasteiger partial charge on any atom is -0.358 e. The molecule has 1 amide bonds. The summed E-state index contributed by atoms with van der Waals surface area (Å²) < 4.78 is 0. The highest BCUT2D eigenvalue weighted by Gasteiger charge is 2.26. The summed E-state index contributed by atoms with van der Waals surface area (Å²) in [6, 6.07) is 7.95. The molecule has 1 aliphatic rings. The van der Waals surface area contributed by atoms with Crippen molar-refractivity contribution in [3.8, 4) is 0 Å². The first-order valence-corrected chi connectivity index (χ1v) is 6.03. The van der Waals surface area contributed by atoms with Crippen molar-refractivity contribution in [2.45, 2.75) is 19.4 Å². The molecule has 92 valence electrons. The summed E-state index contributed by atoms with van der Waals surface area (Å²) in [5.41, 5.74) is 8.00. The van der Waals surface area contributed by atoms with Crippen molar-refractivity contribution in [3.05, 3.63) is 29.8 Å². The average Bonchev–Trinajstić information content (AvgIpc) is 2.50. The van der Waals surface area contributed by atoms with Gasteiger partial charge in [0.1, 0.15) is 6.04 Å². The van der Waals surface area contributed by atoms with Gasteiger partial charge in [-0.3, -0.25) is 4.79 Å². The molecular formula is C13H19N3O. The van der Waals surface area contributed by atoms with Crippen LogP contribution in [0.3, 0.4) is 0 Å². The number of anilines is 1. The average molecular weight is 233 g/mol. The van der Waals surface area contributed by atoms with Gasteiger partial charge in [-0.25, -0.2) is 0 Å². The van der Waals surface area contributed by atoms with Crippen molar-refractivity contribution in [2.24, 2.45) is 5.73 Å². The van der Waals surface area contributed by atoms with Gasteiger partial charge in [-0.2, -0.15) is 0 Å². The highest BCUT2D eigenvalue weighted by atomic mass is 16.2. The first kappa shape index (κ1) is 11.9. The number of hydrogen-bond donors (Lipinski definition) is 2. The number of hydrogen-bond acceptors (Lipinski definition) is 3. The molecule has 1 saturated heterocycles. The molecule has 1 aromatic carbocycles. The number of nitrogens with zero attached hydrogens (tertiary/aromatic N) is 1. The van der Waals surface area contributed by atoms with Gasteiger partial charge in [0.15, 0.2) is 0 Å². The summed E-state index contributed by atoms with van der Waals surface area (Å²) in [4.78, 5) is 14.0. The van der Waals surface area contributed by atoms with Crippen LogP contribution in [0.1, 0.15) is 12.0 Å². The molecule has 17 heavy (non-hydrogen) atoms. The van der Waals surface area contributed by atoms with E-state index in [-0.39, 0.29) is 11.9 Å². The smallest absolute Gasteiger partial charge is 0.244 e. The van der Waals surface area contributed by atoms with E-state index < -0.39 is 0 Å². The highest BCUT2D eigenvalue weighted by molar-refractivity contribution is 5.86. The SMILES string of the molecule is Cc1cccc(N2CCCNC(=O)C2CN)c1. The lowest BCUT2D eigenvalue weighted by atomic mass is 10.1. The number of rotatable bonds is 2. The summed E-state index contributed by atoms with van der Waals surface area (Å²) in [7, 11) is 0. The van der Waals surface area contributed by atoms with E-state index in [9.17, 15) is 4.79 Å². The first-order valence-electron chi connectivity index (χ1n) is 6.03. The Hall–Kier alpha value is -1.55. The minimum absolute atomic E-state index is 0.0338. The topological polar surface area (TPSA) is 58.4 Å². The van der Waals surface area contributed by atoms with Crippen LogP contribution in [0, 0.1) is 6.92 Å². The monoisotopic (exact) mass is 233 g/mol. The lowest BCUT2D eigenvalue weighted by Gasteiger charge is -2.29. The molecule has 1 fully saturated rings. The van der Waals surface area contributed by atoms with E-state index in [1.165, 1.54) is 5.56 Å². The lowest BCUT2D eigenvalue weighted by molar-refractivity contribution is -0.121. The molecule has 0 aliphatic carbocycles. The number of carbonyl (C=O) groups excluding carboxylic acids is 1. The van der Waals surface area contributed by atoms with E-state index in [1.807, 2.05) is 12.1 Å². The maximum Gasteiger partial charge on any atom is 0.244 e. The van der Waals surface area contributed by atoms with Crippen molar-refractivity contribution >= 4 is 11.6 Å². The van der Waals surface area contributed by atoms with Crippen molar-refractivity contribution < 1.29 is 4.79 Å². The Kier molecular flexibility index (Phi) is 3.64. The molecule has 1 heterocycles. The van der Waals surface area contributed by atoms with E-state index in [0.29, 0.717) is 6.54 Å². The van der Waals surface area contributed by atoms with Gasteiger partial charge in [0.05, 0.1) is 0 Å². The summed E-state index contributed by atoms with van der Waals surface area (Å²) in [5.74, 6) is 0.0338. The van der Waals surface area contributed by atoms with Crippen LogP contribution < -0.4 is 16.0 Å². The van der Waals surface area contributed by atoms with Crippen LogP contribution in [-0.4, -0.2) is 31.6 Å². The van der Waals surface area contributed by atoms with Gasteiger partial charge in [-0.1, -0.05) is 12.1 Å². The van der Waals surface area contributed by atoms with Gasteiger partial charge >= 0.3 is 0 Å². The minimum atomic E-state index is -0.251. The van der Waals surface area contributed by atoms with E-state index in [4.69, 9.17) is 5.73 Å². The van der Waals surface area contributed by atoms with Gasteiger partial charge in [0.25, 0.3) is 0 Å². The quantitative estimate of drug-likeness (QED) is 0.788. The van der Waals surface area contributed by atoms with Crippen molar-refractivity contribution in [2.75, 3.05) is 24.5 Å². The van der Waals surface area contributed by atoms with Gasteiger partial charge < -0.3 is 16.0 Å². The fourth-order valence-electron chi connectivity index (χ4n) is 2.23. The third-order valence-corrected chi connectivity index (χ3v) is 3.11. The molecule has 1 aromatic rings. The number of nitrogens with two attached hydrogens (primary N) is 1. The number of benzene rings is 1. The van der Waals surface area contributed by atoms with Gasteiger partial charge in [-0.05, 0) is 31.0 Å². The molecule has 4 heteroatoms. The largest absolute Gasteiger partial charge is 0.358 e. The van der Waals surface area contributed by atoms with E-state index in [0.717, 1.165) is 25.2 Å². The number of aryl methyl sites for hydroxylation is 1. The molecule has 1 aliphatic heterocycles. The van der Waals surface area contributed by atoms with Gasteiger partial charge in [0, 0.05) is 25.3 Å². The molecule has 4 nitrogen and oxygen atoms in total. The third kappa shape index (κ3) is 2.58.